The first-order valence-corrected chi connectivity index (χ1v) is 11.2. The van der Waals surface area contributed by atoms with Crippen molar-refractivity contribution in [2.75, 3.05) is 16.3 Å². The van der Waals surface area contributed by atoms with Gasteiger partial charge >= 0.3 is 5.97 Å². The molecule has 0 aromatic heterocycles. The van der Waals surface area contributed by atoms with Gasteiger partial charge in [0.1, 0.15) is 5.75 Å². The van der Waals surface area contributed by atoms with Gasteiger partial charge < -0.3 is 9.64 Å². The minimum atomic E-state index is -0.603. The average Bonchev–Trinajstić information content (AvgIpc) is 3.32. The van der Waals surface area contributed by atoms with Crippen LogP contribution in [0, 0.1) is 17.8 Å². The van der Waals surface area contributed by atoms with Crippen molar-refractivity contribution in [3.63, 3.8) is 0 Å². The number of hydrogen-bond donors (Lipinski definition) is 0. The van der Waals surface area contributed by atoms with Crippen LogP contribution in [0.2, 0.25) is 5.02 Å². The molecule has 2 aromatic rings. The molecule has 2 heterocycles. The summed E-state index contributed by atoms with van der Waals surface area (Å²) in [6.45, 7) is 0.212. The van der Waals surface area contributed by atoms with E-state index in [1.54, 1.807) is 48.5 Å². The van der Waals surface area contributed by atoms with Gasteiger partial charge in [0.25, 0.3) is 0 Å². The Bertz CT molecular complexity index is 1150. The van der Waals surface area contributed by atoms with E-state index in [-0.39, 0.29) is 48.3 Å². The third-order valence-corrected chi connectivity index (χ3v) is 6.63. The lowest BCUT2D eigenvalue weighted by molar-refractivity contribution is -0.139. The lowest BCUT2D eigenvalue weighted by Gasteiger charge is -2.17. The fourth-order valence-electron chi connectivity index (χ4n) is 4.68. The monoisotopic (exact) mass is 464 g/mol. The Balaban J connectivity index is 1.24. The van der Waals surface area contributed by atoms with Crippen molar-refractivity contribution in [3.8, 4) is 5.75 Å². The number of carbonyl (C=O) groups excluding carboxylic acids is 4. The van der Waals surface area contributed by atoms with Crippen molar-refractivity contribution in [2.45, 2.75) is 19.3 Å². The second-order valence-corrected chi connectivity index (χ2v) is 8.90. The molecule has 3 amide bonds. The van der Waals surface area contributed by atoms with Gasteiger partial charge in [-0.05, 0) is 55.3 Å². The fraction of sp³-hybridized carbons (Fsp3) is 0.280. The first-order valence-electron chi connectivity index (χ1n) is 10.8. The lowest BCUT2D eigenvalue weighted by atomic mass is 9.85. The van der Waals surface area contributed by atoms with Crippen LogP contribution in [0.1, 0.15) is 19.3 Å². The van der Waals surface area contributed by atoms with E-state index in [0.29, 0.717) is 29.2 Å². The summed E-state index contributed by atoms with van der Waals surface area (Å²) >= 11 is 6.01. The van der Waals surface area contributed by atoms with E-state index in [1.807, 2.05) is 12.2 Å². The van der Waals surface area contributed by atoms with Gasteiger partial charge in [-0.15, -0.1) is 0 Å². The molecule has 33 heavy (non-hydrogen) atoms. The van der Waals surface area contributed by atoms with E-state index in [4.69, 9.17) is 16.3 Å². The predicted octanol–water partition coefficient (Wildman–Crippen LogP) is 3.75. The number of benzene rings is 2. The maximum absolute atomic E-state index is 12.7. The predicted molar refractivity (Wildman–Crippen MR) is 122 cm³/mol. The summed E-state index contributed by atoms with van der Waals surface area (Å²) in [6, 6.07) is 13.2. The van der Waals surface area contributed by atoms with E-state index in [0.717, 1.165) is 0 Å². The van der Waals surface area contributed by atoms with E-state index in [1.165, 1.54) is 9.80 Å². The maximum Gasteiger partial charge on any atom is 0.316 e. The Kier molecular flexibility index (Phi) is 5.50. The number of fused-ring (bicyclic) bond motifs is 1. The molecule has 168 valence electrons. The van der Waals surface area contributed by atoms with Crippen molar-refractivity contribution < 1.29 is 23.9 Å². The molecule has 0 N–H and O–H groups in total. The zero-order valence-corrected chi connectivity index (χ0v) is 18.4. The normalized spacial score (nSPS) is 24.4. The van der Waals surface area contributed by atoms with Gasteiger partial charge in [-0.1, -0.05) is 29.8 Å². The summed E-state index contributed by atoms with van der Waals surface area (Å²) < 4.78 is 5.48. The van der Waals surface area contributed by atoms with Crippen LogP contribution in [0.3, 0.4) is 0 Å². The zero-order chi connectivity index (χ0) is 23.1. The summed E-state index contributed by atoms with van der Waals surface area (Å²) in [5, 5.41) is 0.511. The number of rotatable bonds is 4. The highest BCUT2D eigenvalue weighted by atomic mass is 35.5. The van der Waals surface area contributed by atoms with Crippen molar-refractivity contribution in [1.82, 2.24) is 0 Å². The summed E-state index contributed by atoms with van der Waals surface area (Å²) in [4.78, 5) is 53.3. The minimum Gasteiger partial charge on any atom is -0.426 e. The molecule has 0 saturated carbocycles. The van der Waals surface area contributed by atoms with Gasteiger partial charge in [-0.2, -0.15) is 0 Å². The number of nitrogens with zero attached hydrogens (tertiary/aromatic N) is 2. The van der Waals surface area contributed by atoms with Crippen LogP contribution >= 0.6 is 11.6 Å². The van der Waals surface area contributed by atoms with Crippen LogP contribution < -0.4 is 14.5 Å². The van der Waals surface area contributed by atoms with Crippen LogP contribution in [0.15, 0.2) is 60.7 Å². The molecule has 1 aliphatic carbocycles. The minimum absolute atomic E-state index is 0.0526. The summed E-state index contributed by atoms with van der Waals surface area (Å²) in [7, 11) is 0. The van der Waals surface area contributed by atoms with Crippen molar-refractivity contribution >= 4 is 46.7 Å². The molecule has 2 aliphatic heterocycles. The number of allylic oxidation sites excluding steroid dienone is 2. The first-order chi connectivity index (χ1) is 15.9. The summed E-state index contributed by atoms with van der Waals surface area (Å²) in [5.74, 6) is -1.98. The Morgan fingerprint density at radius 2 is 1.58 bits per heavy atom. The van der Waals surface area contributed by atoms with E-state index in [2.05, 4.69) is 0 Å². The quantitative estimate of drug-likeness (QED) is 0.298. The third-order valence-electron chi connectivity index (χ3n) is 6.40. The molecule has 2 fully saturated rings. The molecule has 3 aliphatic rings. The van der Waals surface area contributed by atoms with Crippen molar-refractivity contribution in [3.05, 3.63) is 65.7 Å². The molecular formula is C25H21ClN2O5. The number of carbonyl (C=O) groups is 4. The smallest absolute Gasteiger partial charge is 0.316 e. The summed E-state index contributed by atoms with van der Waals surface area (Å²) in [5.41, 5.74) is 1.10. The number of hydrogen-bond acceptors (Lipinski definition) is 5. The SMILES string of the molecule is O=C(Oc1ccc(N2C(=O)[C@@H]3CC=CC[C@H]3C2=O)cc1)[C@H]1CC(=O)N(c2cccc(Cl)c2)C1. The van der Waals surface area contributed by atoms with Crippen molar-refractivity contribution in [1.29, 1.82) is 0 Å². The molecule has 2 saturated heterocycles. The second kappa shape index (κ2) is 8.48. The highest BCUT2D eigenvalue weighted by Gasteiger charge is 2.47. The molecule has 0 unspecified atom stereocenters. The topological polar surface area (TPSA) is 84.0 Å². The van der Waals surface area contributed by atoms with E-state index < -0.39 is 11.9 Å². The number of anilines is 2. The number of amides is 3. The van der Waals surface area contributed by atoms with Crippen LogP contribution in [0.25, 0.3) is 0 Å². The van der Waals surface area contributed by atoms with E-state index >= 15 is 0 Å². The molecule has 0 radical (unpaired) electrons. The zero-order valence-electron chi connectivity index (χ0n) is 17.6. The Labute approximate surface area is 195 Å². The van der Waals surface area contributed by atoms with Gasteiger partial charge in [0.2, 0.25) is 17.7 Å². The highest BCUT2D eigenvalue weighted by Crippen LogP contribution is 2.38. The largest absolute Gasteiger partial charge is 0.426 e. The van der Waals surface area contributed by atoms with Crippen LogP contribution in [-0.2, 0) is 19.2 Å². The Morgan fingerprint density at radius 1 is 0.909 bits per heavy atom. The van der Waals surface area contributed by atoms with Gasteiger partial charge in [0.15, 0.2) is 0 Å². The standard InChI is InChI=1S/C25H21ClN2O5/c26-16-4-3-5-18(13-16)27-14-15(12-22(27)29)25(32)33-19-10-8-17(9-11-19)28-23(30)20-6-1-2-7-21(20)24(28)31/h1-5,8-11,13,15,20-21H,6-7,12,14H2/t15-,20+,21+/m0/s1. The van der Waals surface area contributed by atoms with Gasteiger partial charge in [0, 0.05) is 23.7 Å². The molecule has 8 heteroatoms. The van der Waals surface area contributed by atoms with E-state index in [9.17, 15) is 19.2 Å². The number of halogens is 1. The Hall–Kier alpha value is -3.45. The summed E-state index contributed by atoms with van der Waals surface area (Å²) in [6.07, 6.45) is 5.10. The van der Waals surface area contributed by atoms with Crippen molar-refractivity contribution in [2.24, 2.45) is 17.8 Å². The average molecular weight is 465 g/mol. The van der Waals surface area contributed by atoms with Gasteiger partial charge in [0.05, 0.1) is 23.4 Å². The molecule has 5 rings (SSSR count). The lowest BCUT2D eigenvalue weighted by Crippen LogP contribution is -2.30. The molecular weight excluding hydrogens is 444 g/mol. The number of esters is 1. The second-order valence-electron chi connectivity index (χ2n) is 8.47. The molecule has 2 aromatic carbocycles. The number of imide groups is 1. The molecule has 7 nitrogen and oxygen atoms in total. The van der Waals surface area contributed by atoms with Crippen LogP contribution in [0.5, 0.6) is 5.75 Å². The molecule has 0 spiro atoms. The fourth-order valence-corrected chi connectivity index (χ4v) is 4.86. The van der Waals surface area contributed by atoms with Gasteiger partial charge in [-0.25, -0.2) is 0 Å². The first kappa shape index (κ1) is 21.4. The molecule has 3 atom stereocenters. The molecule has 0 bridgehead atoms. The maximum atomic E-state index is 12.7. The van der Waals surface area contributed by atoms with Crippen LogP contribution in [-0.4, -0.2) is 30.2 Å². The van der Waals surface area contributed by atoms with Crippen LogP contribution in [0.4, 0.5) is 11.4 Å². The third kappa shape index (κ3) is 3.93. The van der Waals surface area contributed by atoms with Gasteiger partial charge in [-0.3, -0.25) is 24.1 Å². The Morgan fingerprint density at radius 3 is 2.21 bits per heavy atom. The number of ether oxygens (including phenoxy) is 1. The highest BCUT2D eigenvalue weighted by molar-refractivity contribution is 6.31.